The summed E-state index contributed by atoms with van der Waals surface area (Å²) in [4.78, 5) is 20.9. The molecular weight excluding hydrogens is 326 g/mol. The Bertz CT molecular complexity index is 701. The second-order valence-electron chi connectivity index (χ2n) is 6.14. The molecule has 5 nitrogen and oxygen atoms in total. The van der Waals surface area contributed by atoms with Gasteiger partial charge in [0, 0.05) is 38.0 Å². The summed E-state index contributed by atoms with van der Waals surface area (Å²) in [5.41, 5.74) is 0.819. The van der Waals surface area contributed by atoms with Crippen LogP contribution in [0.3, 0.4) is 0 Å². The fraction of sp³-hybridized carbons (Fsp3) is 0.444. The van der Waals surface area contributed by atoms with Gasteiger partial charge in [-0.05, 0) is 32.1 Å². The molecule has 6 heteroatoms. The van der Waals surface area contributed by atoms with E-state index in [9.17, 15) is 4.79 Å². The number of oxazole rings is 1. The standard InChI is InChI=1S/C18H22ClN3O2/c1-21-9-4-10-22(12-11-21)18(23)8-7-17-20-13-16(24-17)14-5-2-3-6-15(14)19/h2-3,5-6,13H,4,7-12H2,1H3. The first-order chi connectivity index (χ1) is 11.6. The Morgan fingerprint density at radius 1 is 1.25 bits per heavy atom. The number of aromatic nitrogens is 1. The maximum atomic E-state index is 12.4. The highest BCUT2D eigenvalue weighted by Crippen LogP contribution is 2.28. The zero-order valence-corrected chi connectivity index (χ0v) is 14.6. The SMILES string of the molecule is CN1CCCN(C(=O)CCc2ncc(-c3ccccc3Cl)o2)CC1. The van der Waals surface area contributed by atoms with Crippen molar-refractivity contribution in [1.29, 1.82) is 0 Å². The van der Waals surface area contributed by atoms with Gasteiger partial charge in [0.15, 0.2) is 11.7 Å². The van der Waals surface area contributed by atoms with Gasteiger partial charge in [-0.2, -0.15) is 0 Å². The minimum atomic E-state index is 0.169. The molecule has 3 rings (SSSR count). The zero-order chi connectivity index (χ0) is 16.9. The van der Waals surface area contributed by atoms with E-state index in [-0.39, 0.29) is 5.91 Å². The van der Waals surface area contributed by atoms with Crippen LogP contribution in [0.5, 0.6) is 0 Å². The van der Waals surface area contributed by atoms with Crippen LogP contribution in [0.1, 0.15) is 18.7 Å². The number of hydrogen-bond donors (Lipinski definition) is 0. The van der Waals surface area contributed by atoms with E-state index in [4.69, 9.17) is 16.0 Å². The number of aryl methyl sites for hydroxylation is 1. The number of likely N-dealkylation sites (N-methyl/N-ethyl adjacent to an activating group) is 1. The molecule has 0 radical (unpaired) electrons. The fourth-order valence-corrected chi connectivity index (χ4v) is 3.11. The number of hydrogen-bond acceptors (Lipinski definition) is 4. The third-order valence-corrected chi connectivity index (χ3v) is 4.65. The lowest BCUT2D eigenvalue weighted by Gasteiger charge is -2.20. The van der Waals surface area contributed by atoms with E-state index in [0.717, 1.165) is 38.2 Å². The summed E-state index contributed by atoms with van der Waals surface area (Å²) in [7, 11) is 2.09. The molecule has 24 heavy (non-hydrogen) atoms. The van der Waals surface area contributed by atoms with Crippen molar-refractivity contribution in [1.82, 2.24) is 14.8 Å². The van der Waals surface area contributed by atoms with E-state index in [1.54, 1.807) is 6.20 Å². The van der Waals surface area contributed by atoms with Crippen molar-refractivity contribution >= 4 is 17.5 Å². The molecule has 0 atom stereocenters. The van der Waals surface area contributed by atoms with Crippen LogP contribution in [0.15, 0.2) is 34.9 Å². The van der Waals surface area contributed by atoms with Gasteiger partial charge >= 0.3 is 0 Å². The molecule has 0 N–H and O–H groups in total. The molecular formula is C18H22ClN3O2. The van der Waals surface area contributed by atoms with E-state index < -0.39 is 0 Å². The van der Waals surface area contributed by atoms with Gasteiger partial charge in [-0.3, -0.25) is 4.79 Å². The predicted octanol–water partition coefficient (Wildman–Crippen LogP) is 3.09. The van der Waals surface area contributed by atoms with Crippen molar-refractivity contribution in [3.63, 3.8) is 0 Å². The van der Waals surface area contributed by atoms with Gasteiger partial charge in [0.2, 0.25) is 5.91 Å². The van der Waals surface area contributed by atoms with Crippen LogP contribution in [0.4, 0.5) is 0 Å². The molecule has 0 saturated carbocycles. The number of halogens is 1. The molecule has 128 valence electrons. The van der Waals surface area contributed by atoms with Crippen LogP contribution in [0.25, 0.3) is 11.3 Å². The first kappa shape index (κ1) is 17.0. The van der Waals surface area contributed by atoms with Crippen molar-refractivity contribution < 1.29 is 9.21 Å². The third kappa shape index (κ3) is 4.16. The van der Waals surface area contributed by atoms with Gasteiger partial charge in [-0.25, -0.2) is 4.98 Å². The van der Waals surface area contributed by atoms with E-state index >= 15 is 0 Å². The van der Waals surface area contributed by atoms with Crippen LogP contribution in [0.2, 0.25) is 5.02 Å². The van der Waals surface area contributed by atoms with E-state index in [1.165, 1.54) is 0 Å². The van der Waals surface area contributed by atoms with E-state index in [0.29, 0.717) is 29.5 Å². The summed E-state index contributed by atoms with van der Waals surface area (Å²) >= 11 is 6.17. The molecule has 1 saturated heterocycles. The van der Waals surface area contributed by atoms with Crippen LogP contribution in [-0.4, -0.2) is 53.9 Å². The van der Waals surface area contributed by atoms with Gasteiger partial charge in [0.1, 0.15) is 0 Å². The van der Waals surface area contributed by atoms with Crippen molar-refractivity contribution in [3.8, 4) is 11.3 Å². The summed E-state index contributed by atoms with van der Waals surface area (Å²) in [5, 5.41) is 0.630. The van der Waals surface area contributed by atoms with Gasteiger partial charge in [0.05, 0.1) is 11.2 Å². The second-order valence-corrected chi connectivity index (χ2v) is 6.54. The lowest BCUT2D eigenvalue weighted by atomic mass is 10.2. The molecule has 0 spiro atoms. The Labute approximate surface area is 147 Å². The average Bonchev–Trinajstić information content (AvgIpc) is 2.94. The number of carbonyl (C=O) groups excluding carboxylic acids is 1. The Morgan fingerprint density at radius 2 is 2.08 bits per heavy atom. The smallest absolute Gasteiger partial charge is 0.223 e. The molecule has 1 aliphatic heterocycles. The van der Waals surface area contributed by atoms with Crippen LogP contribution in [-0.2, 0) is 11.2 Å². The first-order valence-electron chi connectivity index (χ1n) is 8.29. The van der Waals surface area contributed by atoms with Crippen LogP contribution < -0.4 is 0 Å². The predicted molar refractivity (Wildman–Crippen MR) is 94.0 cm³/mol. The maximum absolute atomic E-state index is 12.4. The Hall–Kier alpha value is -1.85. The average molecular weight is 348 g/mol. The highest BCUT2D eigenvalue weighted by atomic mass is 35.5. The Morgan fingerprint density at radius 3 is 2.92 bits per heavy atom. The number of benzene rings is 1. The van der Waals surface area contributed by atoms with Gasteiger partial charge in [-0.15, -0.1) is 0 Å². The van der Waals surface area contributed by atoms with Gasteiger partial charge in [-0.1, -0.05) is 23.7 Å². The number of carbonyl (C=O) groups is 1. The van der Waals surface area contributed by atoms with Crippen molar-refractivity contribution in [2.75, 3.05) is 33.2 Å². The van der Waals surface area contributed by atoms with E-state index in [1.807, 2.05) is 29.2 Å². The minimum Gasteiger partial charge on any atom is -0.441 e. The number of rotatable bonds is 4. The fourth-order valence-electron chi connectivity index (χ4n) is 2.88. The van der Waals surface area contributed by atoms with Crippen molar-refractivity contribution in [3.05, 3.63) is 41.4 Å². The molecule has 1 aromatic carbocycles. The molecule has 2 heterocycles. The molecule has 0 unspecified atom stereocenters. The highest BCUT2D eigenvalue weighted by Gasteiger charge is 2.18. The Balaban J connectivity index is 1.57. The summed E-state index contributed by atoms with van der Waals surface area (Å²) in [6.07, 6.45) is 3.63. The molecule has 1 amide bonds. The number of nitrogens with zero attached hydrogens (tertiary/aromatic N) is 3. The lowest BCUT2D eigenvalue weighted by Crippen LogP contribution is -2.34. The molecule has 1 fully saturated rings. The lowest BCUT2D eigenvalue weighted by molar-refractivity contribution is -0.131. The second kappa shape index (κ2) is 7.81. The summed E-state index contributed by atoms with van der Waals surface area (Å²) in [5.74, 6) is 1.38. The first-order valence-corrected chi connectivity index (χ1v) is 8.67. The molecule has 1 aromatic heterocycles. The topological polar surface area (TPSA) is 49.6 Å². The molecule has 1 aliphatic rings. The summed E-state index contributed by atoms with van der Waals surface area (Å²) < 4.78 is 5.76. The quantitative estimate of drug-likeness (QED) is 0.852. The third-order valence-electron chi connectivity index (χ3n) is 4.32. The normalized spacial score (nSPS) is 16.2. The van der Waals surface area contributed by atoms with Gasteiger partial charge < -0.3 is 14.2 Å². The monoisotopic (exact) mass is 347 g/mol. The zero-order valence-electron chi connectivity index (χ0n) is 13.9. The van der Waals surface area contributed by atoms with Crippen molar-refractivity contribution in [2.45, 2.75) is 19.3 Å². The maximum Gasteiger partial charge on any atom is 0.223 e. The Kier molecular flexibility index (Phi) is 5.53. The molecule has 2 aromatic rings. The summed E-state index contributed by atoms with van der Waals surface area (Å²) in [6, 6.07) is 7.49. The van der Waals surface area contributed by atoms with Crippen LogP contribution >= 0.6 is 11.6 Å². The van der Waals surface area contributed by atoms with Crippen LogP contribution in [0, 0.1) is 0 Å². The van der Waals surface area contributed by atoms with E-state index in [2.05, 4.69) is 16.9 Å². The molecule has 0 aliphatic carbocycles. The largest absolute Gasteiger partial charge is 0.441 e. The highest BCUT2D eigenvalue weighted by molar-refractivity contribution is 6.33. The van der Waals surface area contributed by atoms with Crippen molar-refractivity contribution in [2.24, 2.45) is 0 Å². The molecule has 0 bridgehead atoms. The minimum absolute atomic E-state index is 0.169. The summed E-state index contributed by atoms with van der Waals surface area (Å²) in [6.45, 7) is 3.61. The van der Waals surface area contributed by atoms with Gasteiger partial charge in [0.25, 0.3) is 0 Å². The number of amides is 1.